The summed E-state index contributed by atoms with van der Waals surface area (Å²) < 4.78 is 7.40. The number of aromatic nitrogens is 3. The minimum atomic E-state index is -0.487. The van der Waals surface area contributed by atoms with Gasteiger partial charge >= 0.3 is 6.09 Å². The average molecular weight is 325 g/mol. The van der Waals surface area contributed by atoms with Gasteiger partial charge in [-0.3, -0.25) is 0 Å². The molecule has 1 aromatic rings. The summed E-state index contributed by atoms with van der Waals surface area (Å²) in [5.74, 6) is 0.942. The second-order valence-electron chi connectivity index (χ2n) is 7.66. The van der Waals surface area contributed by atoms with Crippen molar-refractivity contribution >= 4 is 6.09 Å². The van der Waals surface area contributed by atoms with Gasteiger partial charge in [0.15, 0.2) is 0 Å². The summed E-state index contributed by atoms with van der Waals surface area (Å²) >= 11 is 0. The van der Waals surface area contributed by atoms with E-state index in [1.54, 1.807) is 11.2 Å². The van der Waals surface area contributed by atoms with Crippen molar-refractivity contribution in [3.63, 3.8) is 0 Å². The molecule has 0 atom stereocenters. The molecule has 1 heterocycles. The first-order valence-electron chi connectivity index (χ1n) is 8.05. The number of hydrogen-bond acceptors (Lipinski definition) is 5. The first-order valence-corrected chi connectivity index (χ1v) is 8.05. The monoisotopic (exact) mass is 325 g/mol. The third kappa shape index (κ3) is 6.99. The third-order valence-electron chi connectivity index (χ3n) is 3.27. The van der Waals surface area contributed by atoms with Gasteiger partial charge in [0.1, 0.15) is 17.8 Å². The first-order chi connectivity index (χ1) is 10.5. The van der Waals surface area contributed by atoms with Crippen LogP contribution in [0, 0.1) is 0 Å². The number of carbonyl (C=O) groups is 1. The molecule has 23 heavy (non-hydrogen) atoms. The lowest BCUT2D eigenvalue weighted by molar-refractivity contribution is 0.00666. The van der Waals surface area contributed by atoms with E-state index in [0.29, 0.717) is 13.1 Å². The van der Waals surface area contributed by atoms with Crippen LogP contribution in [0.25, 0.3) is 0 Å². The van der Waals surface area contributed by atoms with E-state index in [0.717, 1.165) is 18.8 Å². The fraction of sp³-hybridized carbons (Fsp3) is 0.812. The predicted molar refractivity (Wildman–Crippen MR) is 90.3 cm³/mol. The zero-order valence-corrected chi connectivity index (χ0v) is 15.5. The summed E-state index contributed by atoms with van der Waals surface area (Å²) in [6.07, 6.45) is 2.22. The van der Waals surface area contributed by atoms with E-state index >= 15 is 0 Å². The van der Waals surface area contributed by atoms with Gasteiger partial charge in [0.05, 0.1) is 0 Å². The number of nitrogens with zero attached hydrogens (tertiary/aromatic N) is 4. The van der Waals surface area contributed by atoms with Gasteiger partial charge in [-0.25, -0.2) is 4.79 Å². The van der Waals surface area contributed by atoms with Crippen LogP contribution in [0.1, 0.15) is 47.4 Å². The van der Waals surface area contributed by atoms with Crippen molar-refractivity contribution in [1.29, 1.82) is 0 Å². The molecule has 0 aliphatic rings. The van der Waals surface area contributed by atoms with Crippen molar-refractivity contribution in [2.45, 2.75) is 59.1 Å². The number of hydrogen-bond donors (Lipinski definition) is 1. The van der Waals surface area contributed by atoms with Crippen LogP contribution in [-0.2, 0) is 18.2 Å². The van der Waals surface area contributed by atoms with Crippen molar-refractivity contribution in [3.05, 3.63) is 12.2 Å². The third-order valence-corrected chi connectivity index (χ3v) is 3.27. The number of rotatable bonds is 6. The molecular weight excluding hydrogens is 294 g/mol. The van der Waals surface area contributed by atoms with E-state index in [4.69, 9.17) is 4.74 Å². The largest absolute Gasteiger partial charge is 0.444 e. The van der Waals surface area contributed by atoms with E-state index in [1.165, 1.54) is 0 Å². The van der Waals surface area contributed by atoms with Crippen molar-refractivity contribution in [1.82, 2.24) is 25.0 Å². The van der Waals surface area contributed by atoms with Crippen LogP contribution in [0.5, 0.6) is 0 Å². The summed E-state index contributed by atoms with van der Waals surface area (Å²) in [6, 6.07) is 0. The molecule has 7 heteroatoms. The van der Waals surface area contributed by atoms with Crippen LogP contribution in [-0.4, -0.2) is 56.5 Å². The summed E-state index contributed by atoms with van der Waals surface area (Å²) in [5, 5.41) is 11.2. The highest BCUT2D eigenvalue weighted by Gasteiger charge is 2.30. The molecule has 1 amide bonds. The van der Waals surface area contributed by atoms with Crippen LogP contribution >= 0.6 is 0 Å². The van der Waals surface area contributed by atoms with Gasteiger partial charge in [0.2, 0.25) is 0 Å². The lowest BCUT2D eigenvalue weighted by atomic mass is 10.1. The number of nitrogens with one attached hydrogen (secondary N) is 1. The van der Waals surface area contributed by atoms with E-state index in [-0.39, 0.29) is 11.6 Å². The molecule has 7 nitrogen and oxygen atoms in total. The van der Waals surface area contributed by atoms with Gasteiger partial charge in [-0.05, 0) is 41.5 Å². The summed E-state index contributed by atoms with van der Waals surface area (Å²) in [4.78, 5) is 14.1. The van der Waals surface area contributed by atoms with Gasteiger partial charge in [0.25, 0.3) is 0 Å². The van der Waals surface area contributed by atoms with E-state index in [2.05, 4.69) is 15.5 Å². The lowest BCUT2D eigenvalue weighted by Crippen LogP contribution is -2.50. The SMILES string of the molecule is Cn1cnnc1CCNCCN(C(=O)OC(C)(C)C)C(C)(C)C. The van der Waals surface area contributed by atoms with Crippen LogP contribution < -0.4 is 5.32 Å². The molecule has 0 aromatic carbocycles. The Balaban J connectivity index is 2.43. The van der Waals surface area contributed by atoms with Crippen molar-refractivity contribution in [2.24, 2.45) is 7.05 Å². The highest BCUT2D eigenvalue weighted by atomic mass is 16.6. The maximum absolute atomic E-state index is 12.4. The summed E-state index contributed by atoms with van der Waals surface area (Å²) in [6.45, 7) is 13.8. The highest BCUT2D eigenvalue weighted by molar-refractivity contribution is 5.69. The smallest absolute Gasteiger partial charge is 0.410 e. The molecular formula is C16H31N5O2. The molecule has 1 rings (SSSR count). The molecule has 1 N–H and O–H groups in total. The fourth-order valence-electron chi connectivity index (χ4n) is 2.07. The molecule has 0 spiro atoms. The zero-order chi connectivity index (χ0) is 17.7. The van der Waals surface area contributed by atoms with Gasteiger partial charge in [-0.15, -0.1) is 10.2 Å². The maximum atomic E-state index is 12.4. The molecule has 0 fully saturated rings. The van der Waals surface area contributed by atoms with E-state index in [9.17, 15) is 4.79 Å². The van der Waals surface area contributed by atoms with Crippen LogP contribution in [0.3, 0.4) is 0 Å². The topological polar surface area (TPSA) is 72.3 Å². The Kier molecular flexibility index (Phi) is 6.56. The Morgan fingerprint density at radius 1 is 1.26 bits per heavy atom. The van der Waals surface area contributed by atoms with Crippen LogP contribution in [0.15, 0.2) is 6.33 Å². The Bertz CT molecular complexity index is 499. The van der Waals surface area contributed by atoms with Crippen molar-refractivity contribution in [2.75, 3.05) is 19.6 Å². The highest BCUT2D eigenvalue weighted by Crippen LogP contribution is 2.17. The van der Waals surface area contributed by atoms with Gasteiger partial charge in [0, 0.05) is 38.6 Å². The Morgan fingerprint density at radius 3 is 2.39 bits per heavy atom. The quantitative estimate of drug-likeness (QED) is 0.810. The van der Waals surface area contributed by atoms with Crippen LogP contribution in [0.2, 0.25) is 0 Å². The molecule has 0 unspecified atom stereocenters. The number of carbonyl (C=O) groups excluding carboxylic acids is 1. The Labute approximate surface area is 139 Å². The predicted octanol–water partition coefficient (Wildman–Crippen LogP) is 1.98. The molecule has 0 saturated heterocycles. The van der Waals surface area contributed by atoms with Crippen molar-refractivity contribution in [3.8, 4) is 0 Å². The number of amides is 1. The second kappa shape index (κ2) is 7.77. The fourth-order valence-corrected chi connectivity index (χ4v) is 2.07. The Hall–Kier alpha value is -1.63. The summed E-state index contributed by atoms with van der Waals surface area (Å²) in [7, 11) is 1.93. The standard InChI is InChI=1S/C16H31N5O2/c1-15(2,3)21(14(22)23-16(4,5)6)11-10-17-9-8-13-19-18-12-20(13)7/h12,17H,8-11H2,1-7H3. The van der Waals surface area contributed by atoms with Crippen LogP contribution in [0.4, 0.5) is 4.79 Å². The molecule has 0 saturated carbocycles. The second-order valence-corrected chi connectivity index (χ2v) is 7.66. The normalized spacial score (nSPS) is 12.3. The molecule has 1 aromatic heterocycles. The van der Waals surface area contributed by atoms with Gasteiger partial charge < -0.3 is 19.5 Å². The Morgan fingerprint density at radius 2 is 1.91 bits per heavy atom. The summed E-state index contributed by atoms with van der Waals surface area (Å²) in [5.41, 5.74) is -0.771. The molecule has 0 radical (unpaired) electrons. The number of aryl methyl sites for hydroxylation is 1. The van der Waals surface area contributed by atoms with Crippen molar-refractivity contribution < 1.29 is 9.53 Å². The van der Waals surface area contributed by atoms with Gasteiger partial charge in [-0.2, -0.15) is 0 Å². The molecule has 0 bridgehead atoms. The molecule has 0 aliphatic heterocycles. The minimum absolute atomic E-state index is 0.278. The molecule has 0 aliphatic carbocycles. The average Bonchev–Trinajstić information content (AvgIpc) is 2.75. The zero-order valence-electron chi connectivity index (χ0n) is 15.5. The lowest BCUT2D eigenvalue weighted by Gasteiger charge is -2.36. The minimum Gasteiger partial charge on any atom is -0.444 e. The van der Waals surface area contributed by atoms with E-state index in [1.807, 2.05) is 53.2 Å². The van der Waals surface area contributed by atoms with Gasteiger partial charge in [-0.1, -0.05) is 0 Å². The van der Waals surface area contributed by atoms with E-state index < -0.39 is 5.60 Å². The maximum Gasteiger partial charge on any atom is 0.410 e. The molecule has 132 valence electrons. The number of ether oxygens (including phenoxy) is 1. The first kappa shape index (κ1) is 19.4.